The number of nitrogens with zero attached hydrogens (tertiary/aromatic N) is 2. The molecule has 0 aliphatic carbocycles. The Kier molecular flexibility index (Phi) is 6.68. The molecular weight excluding hydrogens is 437 g/mol. The number of aromatic nitrogens is 1. The molecule has 7 nitrogen and oxygen atoms in total. The van der Waals surface area contributed by atoms with E-state index in [-0.39, 0.29) is 5.82 Å². The van der Waals surface area contributed by atoms with Gasteiger partial charge in [-0.25, -0.2) is 14.8 Å². The number of pyridine rings is 1. The Morgan fingerprint density at radius 3 is 2.35 bits per heavy atom. The van der Waals surface area contributed by atoms with E-state index in [1.54, 1.807) is 30.3 Å². The smallest absolute Gasteiger partial charge is 0.272 e. The Labute approximate surface area is 195 Å². The average molecular weight is 459 g/mol. The summed E-state index contributed by atoms with van der Waals surface area (Å²) >= 11 is 0. The molecule has 0 saturated heterocycles. The number of hydrogen-bond acceptors (Lipinski definition) is 6. The standard InChI is InChI=1S/C26H22FN3O4/c1-32-23-12-17(13-24(33-2)25(23)34-3)22-14-20(19-9-4-5-10-21(19)29-22)26(31)30-28-15-16-7-6-8-18(27)11-16/h4-15H,1-3H3,(H,30,31)/b28-15+. The summed E-state index contributed by atoms with van der Waals surface area (Å²) in [5.41, 5.74) is 5.27. The Balaban J connectivity index is 1.75. The first-order valence-electron chi connectivity index (χ1n) is 10.3. The molecule has 1 N–H and O–H groups in total. The Hall–Kier alpha value is -4.46. The van der Waals surface area contributed by atoms with Crippen molar-refractivity contribution in [3.05, 3.63) is 83.7 Å². The second kappa shape index (κ2) is 9.99. The minimum absolute atomic E-state index is 0.380. The van der Waals surface area contributed by atoms with E-state index in [1.807, 2.05) is 24.3 Å². The first-order valence-corrected chi connectivity index (χ1v) is 10.3. The number of carbonyl (C=O) groups excluding carboxylic acids is 1. The van der Waals surface area contributed by atoms with Gasteiger partial charge in [0.1, 0.15) is 5.82 Å². The van der Waals surface area contributed by atoms with Crippen molar-refractivity contribution in [2.24, 2.45) is 5.10 Å². The molecule has 3 aromatic carbocycles. The summed E-state index contributed by atoms with van der Waals surface area (Å²) < 4.78 is 29.7. The van der Waals surface area contributed by atoms with Crippen LogP contribution in [-0.2, 0) is 0 Å². The summed E-state index contributed by atoms with van der Waals surface area (Å²) in [5.74, 6) is 0.583. The number of fused-ring (bicyclic) bond motifs is 1. The van der Waals surface area contributed by atoms with Crippen LogP contribution in [0.25, 0.3) is 22.2 Å². The van der Waals surface area contributed by atoms with Crippen LogP contribution < -0.4 is 19.6 Å². The molecule has 0 spiro atoms. The van der Waals surface area contributed by atoms with Crippen LogP contribution in [0.15, 0.2) is 71.8 Å². The van der Waals surface area contributed by atoms with Crippen LogP contribution in [0.1, 0.15) is 15.9 Å². The molecule has 0 bridgehead atoms. The zero-order valence-electron chi connectivity index (χ0n) is 18.8. The molecule has 8 heteroatoms. The van der Waals surface area contributed by atoms with Gasteiger partial charge in [-0.15, -0.1) is 0 Å². The van der Waals surface area contributed by atoms with E-state index >= 15 is 0 Å². The topological polar surface area (TPSA) is 82.0 Å². The van der Waals surface area contributed by atoms with Gasteiger partial charge in [0, 0.05) is 10.9 Å². The molecule has 0 unspecified atom stereocenters. The summed E-state index contributed by atoms with van der Waals surface area (Å²) in [7, 11) is 4.59. The number of nitrogens with one attached hydrogen (secondary N) is 1. The molecule has 1 amide bonds. The van der Waals surface area contributed by atoms with Gasteiger partial charge in [-0.05, 0) is 42.0 Å². The van der Waals surface area contributed by atoms with E-state index in [4.69, 9.17) is 19.2 Å². The Morgan fingerprint density at radius 1 is 0.941 bits per heavy atom. The summed E-state index contributed by atoms with van der Waals surface area (Å²) in [6.45, 7) is 0. The van der Waals surface area contributed by atoms with Gasteiger partial charge in [0.15, 0.2) is 11.5 Å². The zero-order valence-corrected chi connectivity index (χ0v) is 18.8. The fraction of sp³-hybridized carbons (Fsp3) is 0.115. The van der Waals surface area contributed by atoms with Crippen LogP contribution in [0.2, 0.25) is 0 Å². The number of hydrazone groups is 1. The molecule has 4 aromatic rings. The predicted molar refractivity (Wildman–Crippen MR) is 128 cm³/mol. The quantitative estimate of drug-likeness (QED) is 0.316. The zero-order chi connectivity index (χ0) is 24.1. The molecule has 1 aromatic heterocycles. The van der Waals surface area contributed by atoms with Crippen LogP contribution in [0.5, 0.6) is 17.2 Å². The number of para-hydroxylation sites is 1. The molecule has 34 heavy (non-hydrogen) atoms. The van der Waals surface area contributed by atoms with Gasteiger partial charge in [-0.1, -0.05) is 30.3 Å². The van der Waals surface area contributed by atoms with Crippen molar-refractivity contribution in [3.8, 4) is 28.5 Å². The Bertz CT molecular complexity index is 1360. The number of ether oxygens (including phenoxy) is 3. The van der Waals surface area contributed by atoms with Gasteiger partial charge in [-0.3, -0.25) is 4.79 Å². The molecule has 0 saturated carbocycles. The fourth-order valence-electron chi connectivity index (χ4n) is 3.55. The number of methoxy groups -OCH3 is 3. The maximum absolute atomic E-state index is 13.4. The molecule has 172 valence electrons. The molecule has 0 radical (unpaired) electrons. The van der Waals surface area contributed by atoms with Crippen molar-refractivity contribution in [1.82, 2.24) is 10.4 Å². The predicted octanol–water partition coefficient (Wildman–Crippen LogP) is 4.83. The van der Waals surface area contributed by atoms with Crippen LogP contribution in [0.4, 0.5) is 4.39 Å². The lowest BCUT2D eigenvalue weighted by Gasteiger charge is -2.15. The van der Waals surface area contributed by atoms with E-state index in [9.17, 15) is 9.18 Å². The first kappa shape index (κ1) is 22.7. The molecule has 0 fully saturated rings. The number of rotatable bonds is 7. The van der Waals surface area contributed by atoms with Crippen LogP contribution in [-0.4, -0.2) is 38.4 Å². The van der Waals surface area contributed by atoms with E-state index in [0.717, 1.165) is 0 Å². The largest absolute Gasteiger partial charge is 0.493 e. The lowest BCUT2D eigenvalue weighted by atomic mass is 10.0. The SMILES string of the molecule is COc1cc(-c2cc(C(=O)N/N=C/c3cccc(F)c3)c3ccccc3n2)cc(OC)c1OC. The Morgan fingerprint density at radius 2 is 1.68 bits per heavy atom. The monoisotopic (exact) mass is 459 g/mol. The number of hydrogen-bond donors (Lipinski definition) is 1. The minimum atomic E-state index is -0.431. The van der Waals surface area contributed by atoms with Gasteiger partial charge >= 0.3 is 0 Å². The summed E-state index contributed by atoms with van der Waals surface area (Å²) in [6.07, 6.45) is 1.38. The van der Waals surface area contributed by atoms with Crippen molar-refractivity contribution in [2.75, 3.05) is 21.3 Å². The van der Waals surface area contributed by atoms with E-state index < -0.39 is 5.91 Å². The normalized spacial score (nSPS) is 10.9. The van der Waals surface area contributed by atoms with Gasteiger partial charge < -0.3 is 14.2 Å². The number of amides is 1. The van der Waals surface area contributed by atoms with Crippen LogP contribution >= 0.6 is 0 Å². The molecule has 0 atom stereocenters. The van der Waals surface area contributed by atoms with Gasteiger partial charge in [0.2, 0.25) is 5.75 Å². The highest BCUT2D eigenvalue weighted by molar-refractivity contribution is 6.07. The number of carbonyl (C=O) groups is 1. The van der Waals surface area contributed by atoms with Crippen molar-refractivity contribution >= 4 is 23.0 Å². The molecule has 1 heterocycles. The van der Waals surface area contributed by atoms with Crippen LogP contribution in [0.3, 0.4) is 0 Å². The fourth-order valence-corrected chi connectivity index (χ4v) is 3.55. The highest BCUT2D eigenvalue weighted by Crippen LogP contribution is 2.41. The highest BCUT2D eigenvalue weighted by Gasteiger charge is 2.18. The highest BCUT2D eigenvalue weighted by atomic mass is 19.1. The third-order valence-electron chi connectivity index (χ3n) is 5.15. The third-order valence-corrected chi connectivity index (χ3v) is 5.15. The lowest BCUT2D eigenvalue weighted by Crippen LogP contribution is -2.18. The third kappa shape index (κ3) is 4.66. The van der Waals surface area contributed by atoms with E-state index in [1.165, 1.54) is 39.7 Å². The lowest BCUT2D eigenvalue weighted by molar-refractivity contribution is 0.0956. The van der Waals surface area contributed by atoms with Crippen LogP contribution in [0, 0.1) is 5.82 Å². The first-order chi connectivity index (χ1) is 16.5. The molecular formula is C26H22FN3O4. The second-order valence-corrected chi connectivity index (χ2v) is 7.24. The second-order valence-electron chi connectivity index (χ2n) is 7.24. The molecule has 4 rings (SSSR count). The average Bonchev–Trinajstić information content (AvgIpc) is 2.87. The van der Waals surface area contributed by atoms with Gasteiger partial charge in [0.25, 0.3) is 5.91 Å². The van der Waals surface area contributed by atoms with E-state index in [0.29, 0.717) is 50.5 Å². The number of halogens is 1. The summed E-state index contributed by atoms with van der Waals surface area (Å²) in [5, 5.41) is 4.64. The maximum atomic E-state index is 13.4. The van der Waals surface area contributed by atoms with Crippen molar-refractivity contribution in [3.63, 3.8) is 0 Å². The summed E-state index contributed by atoms with van der Waals surface area (Å²) in [6, 6.07) is 18.4. The van der Waals surface area contributed by atoms with Gasteiger partial charge in [-0.2, -0.15) is 5.10 Å². The van der Waals surface area contributed by atoms with Crippen molar-refractivity contribution in [1.29, 1.82) is 0 Å². The van der Waals surface area contributed by atoms with Gasteiger partial charge in [0.05, 0.1) is 44.3 Å². The maximum Gasteiger partial charge on any atom is 0.272 e. The minimum Gasteiger partial charge on any atom is -0.493 e. The number of benzene rings is 3. The van der Waals surface area contributed by atoms with Crippen molar-refractivity contribution < 1.29 is 23.4 Å². The molecule has 0 aliphatic rings. The van der Waals surface area contributed by atoms with E-state index in [2.05, 4.69) is 10.5 Å². The molecule has 0 aliphatic heterocycles. The van der Waals surface area contributed by atoms with Crippen molar-refractivity contribution in [2.45, 2.75) is 0 Å². The summed E-state index contributed by atoms with van der Waals surface area (Å²) in [4.78, 5) is 17.8.